The first-order valence-electron chi connectivity index (χ1n) is 4.89. The fourth-order valence-electron chi connectivity index (χ4n) is 1.12. The Labute approximate surface area is 98.2 Å². The quantitative estimate of drug-likeness (QED) is 0.809. The van der Waals surface area contributed by atoms with E-state index in [0.717, 1.165) is 0 Å². The van der Waals surface area contributed by atoms with Crippen LogP contribution in [-0.4, -0.2) is 23.0 Å². The maximum Gasteiger partial charge on any atom is 0.328 e. The molecule has 1 heterocycles. The Kier molecular flexibility index (Phi) is 4.26. The first-order chi connectivity index (χ1) is 7.60. The van der Waals surface area contributed by atoms with Crippen LogP contribution in [0.15, 0.2) is 0 Å². The maximum absolute atomic E-state index is 11.4. The summed E-state index contributed by atoms with van der Waals surface area (Å²) in [5.41, 5.74) is 1.16. The Morgan fingerprint density at radius 2 is 2.44 bits per heavy atom. The molecular weight excluding hydrogens is 226 g/mol. The highest BCUT2D eigenvalue weighted by Gasteiger charge is 2.17. The molecule has 0 radical (unpaired) electrons. The topological polar surface area (TPSA) is 75.0 Å². The summed E-state index contributed by atoms with van der Waals surface area (Å²) in [6.07, 6.45) is 0. The molecule has 0 fully saturated rings. The second-order valence-corrected chi connectivity index (χ2v) is 3.98. The molecule has 1 rings (SSSR count). The van der Waals surface area contributed by atoms with Crippen molar-refractivity contribution >= 4 is 22.5 Å². The number of aromatic nitrogens is 1. The molecule has 16 heavy (non-hydrogen) atoms. The van der Waals surface area contributed by atoms with Gasteiger partial charge < -0.3 is 10.1 Å². The van der Waals surface area contributed by atoms with Gasteiger partial charge in [0, 0.05) is 0 Å². The van der Waals surface area contributed by atoms with E-state index in [9.17, 15) is 4.79 Å². The molecular formula is C10H13N3O2S. The molecule has 86 valence electrons. The highest BCUT2D eigenvalue weighted by molar-refractivity contribution is 7.10. The number of aryl methyl sites for hydroxylation is 1. The Morgan fingerprint density at radius 1 is 1.75 bits per heavy atom. The molecule has 0 amide bonds. The third-order valence-electron chi connectivity index (χ3n) is 1.96. The van der Waals surface area contributed by atoms with Gasteiger partial charge in [-0.05, 0) is 32.3 Å². The van der Waals surface area contributed by atoms with Gasteiger partial charge in [0.2, 0.25) is 0 Å². The highest BCUT2D eigenvalue weighted by Crippen LogP contribution is 2.24. The maximum atomic E-state index is 11.4. The molecule has 0 saturated heterocycles. The second kappa shape index (κ2) is 5.47. The van der Waals surface area contributed by atoms with Gasteiger partial charge in [0.1, 0.15) is 22.7 Å². The molecule has 1 aromatic heterocycles. The fraction of sp³-hybridized carbons (Fsp3) is 0.500. The van der Waals surface area contributed by atoms with Crippen LogP contribution in [0.4, 0.5) is 5.00 Å². The van der Waals surface area contributed by atoms with Gasteiger partial charge in [-0.2, -0.15) is 9.64 Å². The summed E-state index contributed by atoms with van der Waals surface area (Å²) < 4.78 is 8.91. The molecule has 0 aliphatic carbocycles. The number of nitrogens with zero attached hydrogens (tertiary/aromatic N) is 2. The minimum Gasteiger partial charge on any atom is -0.464 e. The SMILES string of the molecule is CCOC(=O)C(C)Nc1snc(C)c1C#N. The highest BCUT2D eigenvalue weighted by atomic mass is 32.1. The zero-order valence-electron chi connectivity index (χ0n) is 9.40. The zero-order chi connectivity index (χ0) is 12.1. The van der Waals surface area contributed by atoms with E-state index < -0.39 is 6.04 Å². The van der Waals surface area contributed by atoms with Crippen molar-refractivity contribution in [2.24, 2.45) is 0 Å². The third-order valence-corrected chi connectivity index (χ3v) is 2.83. The summed E-state index contributed by atoms with van der Waals surface area (Å²) in [5.74, 6) is -0.336. The van der Waals surface area contributed by atoms with Gasteiger partial charge in [-0.1, -0.05) is 0 Å². The van der Waals surface area contributed by atoms with Crippen LogP contribution >= 0.6 is 11.5 Å². The van der Waals surface area contributed by atoms with Crippen molar-refractivity contribution in [3.05, 3.63) is 11.3 Å². The number of rotatable bonds is 4. The standard InChI is InChI=1S/C10H13N3O2S/c1-4-15-10(14)7(3)12-9-8(5-11)6(2)13-16-9/h7,12H,4H2,1-3H3. The van der Waals surface area contributed by atoms with E-state index in [1.807, 2.05) is 0 Å². The summed E-state index contributed by atoms with van der Waals surface area (Å²) in [5, 5.41) is 12.4. The van der Waals surface area contributed by atoms with Gasteiger partial charge in [-0.15, -0.1) is 0 Å². The van der Waals surface area contributed by atoms with Crippen LogP contribution in [0.3, 0.4) is 0 Å². The molecule has 1 atom stereocenters. The molecule has 0 spiro atoms. The molecule has 1 unspecified atom stereocenters. The van der Waals surface area contributed by atoms with E-state index in [4.69, 9.17) is 10.00 Å². The van der Waals surface area contributed by atoms with Crippen molar-refractivity contribution in [2.75, 3.05) is 11.9 Å². The smallest absolute Gasteiger partial charge is 0.328 e. The molecule has 0 bridgehead atoms. The summed E-state index contributed by atoms with van der Waals surface area (Å²) in [6.45, 7) is 5.54. The van der Waals surface area contributed by atoms with Gasteiger partial charge in [-0.3, -0.25) is 0 Å². The van der Waals surface area contributed by atoms with Crippen LogP contribution in [0.1, 0.15) is 25.1 Å². The van der Waals surface area contributed by atoms with Crippen molar-refractivity contribution < 1.29 is 9.53 Å². The van der Waals surface area contributed by atoms with Crippen molar-refractivity contribution in [3.8, 4) is 6.07 Å². The number of anilines is 1. The lowest BCUT2D eigenvalue weighted by Gasteiger charge is -2.11. The van der Waals surface area contributed by atoms with E-state index in [1.165, 1.54) is 11.5 Å². The molecule has 5 nitrogen and oxygen atoms in total. The van der Waals surface area contributed by atoms with Crippen LogP contribution in [-0.2, 0) is 9.53 Å². The number of nitriles is 1. The molecule has 0 aliphatic rings. The summed E-state index contributed by atoms with van der Waals surface area (Å²) in [4.78, 5) is 11.4. The summed E-state index contributed by atoms with van der Waals surface area (Å²) in [6, 6.07) is 1.57. The van der Waals surface area contributed by atoms with Crippen molar-refractivity contribution in [2.45, 2.75) is 26.8 Å². The van der Waals surface area contributed by atoms with Crippen molar-refractivity contribution in [3.63, 3.8) is 0 Å². The predicted octanol–water partition coefficient (Wildman–Crippen LogP) is 1.69. The van der Waals surface area contributed by atoms with Gasteiger partial charge in [-0.25, -0.2) is 4.79 Å². The van der Waals surface area contributed by atoms with E-state index >= 15 is 0 Å². The lowest BCUT2D eigenvalue weighted by molar-refractivity contribution is -0.143. The minimum absolute atomic E-state index is 0.336. The number of hydrogen-bond donors (Lipinski definition) is 1. The fourth-order valence-corrected chi connectivity index (χ4v) is 1.96. The van der Waals surface area contributed by atoms with Crippen molar-refractivity contribution in [1.82, 2.24) is 4.37 Å². The summed E-state index contributed by atoms with van der Waals surface area (Å²) >= 11 is 1.17. The molecule has 6 heteroatoms. The monoisotopic (exact) mass is 239 g/mol. The van der Waals surface area contributed by atoms with Crippen LogP contribution in [0.5, 0.6) is 0 Å². The lowest BCUT2D eigenvalue weighted by atomic mass is 10.2. The van der Waals surface area contributed by atoms with Gasteiger partial charge in [0.05, 0.1) is 12.3 Å². The van der Waals surface area contributed by atoms with E-state index in [1.54, 1.807) is 20.8 Å². The Morgan fingerprint density at radius 3 is 3.00 bits per heavy atom. The summed E-state index contributed by atoms with van der Waals surface area (Å²) in [7, 11) is 0. The molecule has 0 aliphatic heterocycles. The van der Waals surface area contributed by atoms with E-state index in [0.29, 0.717) is 22.9 Å². The number of esters is 1. The Hall–Kier alpha value is -1.61. The normalized spacial score (nSPS) is 11.6. The van der Waals surface area contributed by atoms with Crippen LogP contribution in [0.2, 0.25) is 0 Å². The minimum atomic E-state index is -0.480. The number of hydrogen-bond acceptors (Lipinski definition) is 6. The zero-order valence-corrected chi connectivity index (χ0v) is 10.2. The van der Waals surface area contributed by atoms with Crippen LogP contribution < -0.4 is 5.32 Å². The van der Waals surface area contributed by atoms with Crippen LogP contribution in [0, 0.1) is 18.3 Å². The number of ether oxygens (including phenoxy) is 1. The number of nitrogens with one attached hydrogen (secondary N) is 1. The van der Waals surface area contributed by atoms with E-state index in [-0.39, 0.29) is 5.97 Å². The number of carbonyl (C=O) groups is 1. The molecule has 1 N–H and O–H groups in total. The molecule has 0 saturated carbocycles. The van der Waals surface area contributed by atoms with Crippen molar-refractivity contribution in [1.29, 1.82) is 5.26 Å². The van der Waals surface area contributed by atoms with Gasteiger partial charge >= 0.3 is 5.97 Å². The Balaban J connectivity index is 2.74. The average Bonchev–Trinajstić information content (AvgIpc) is 2.59. The third kappa shape index (κ3) is 2.70. The lowest BCUT2D eigenvalue weighted by Crippen LogP contribution is -2.28. The molecule has 1 aromatic rings. The first kappa shape index (κ1) is 12.5. The van der Waals surface area contributed by atoms with E-state index in [2.05, 4.69) is 15.8 Å². The predicted molar refractivity (Wildman–Crippen MR) is 61.3 cm³/mol. The average molecular weight is 239 g/mol. The largest absolute Gasteiger partial charge is 0.464 e. The molecule has 0 aromatic carbocycles. The van der Waals surface area contributed by atoms with Gasteiger partial charge in [0.15, 0.2) is 0 Å². The van der Waals surface area contributed by atoms with Crippen LogP contribution in [0.25, 0.3) is 0 Å². The Bertz CT molecular complexity index is 422. The van der Waals surface area contributed by atoms with Gasteiger partial charge in [0.25, 0.3) is 0 Å². The first-order valence-corrected chi connectivity index (χ1v) is 5.67. The second-order valence-electron chi connectivity index (χ2n) is 3.20. The number of carbonyl (C=O) groups excluding carboxylic acids is 1.